The van der Waals surface area contributed by atoms with E-state index in [9.17, 15) is 0 Å². The summed E-state index contributed by atoms with van der Waals surface area (Å²) in [5, 5.41) is 0.503. The number of hydrogen-bond donors (Lipinski definition) is 1. The Kier molecular flexibility index (Phi) is 5.67. The number of rotatable bonds is 6. The van der Waals surface area contributed by atoms with Crippen LogP contribution in [0.1, 0.15) is 11.1 Å². The molecule has 0 radical (unpaired) electrons. The average molecular weight is 304 g/mol. The SMILES string of the molecule is COc1cc(CN)cc(Cl)c1OC/C=C/c1ccccc1. The molecule has 2 aromatic rings. The molecule has 110 valence electrons. The quantitative estimate of drug-likeness (QED) is 0.880. The van der Waals surface area contributed by atoms with Gasteiger partial charge in [0.15, 0.2) is 11.5 Å². The lowest BCUT2D eigenvalue weighted by atomic mass is 10.2. The van der Waals surface area contributed by atoms with E-state index in [1.54, 1.807) is 13.2 Å². The lowest BCUT2D eigenvalue weighted by molar-refractivity contribution is 0.326. The molecule has 0 aliphatic carbocycles. The molecule has 0 aliphatic rings. The first-order valence-electron chi connectivity index (χ1n) is 6.65. The molecule has 0 aliphatic heterocycles. The molecule has 0 bridgehead atoms. The van der Waals surface area contributed by atoms with E-state index in [1.807, 2.05) is 48.6 Å². The first-order valence-corrected chi connectivity index (χ1v) is 7.03. The predicted molar refractivity (Wildman–Crippen MR) is 86.9 cm³/mol. The first kappa shape index (κ1) is 15.4. The van der Waals surface area contributed by atoms with Gasteiger partial charge in [-0.25, -0.2) is 0 Å². The van der Waals surface area contributed by atoms with Crippen molar-refractivity contribution in [2.24, 2.45) is 5.73 Å². The van der Waals surface area contributed by atoms with Crippen molar-refractivity contribution in [1.82, 2.24) is 0 Å². The van der Waals surface area contributed by atoms with Crippen molar-refractivity contribution in [3.8, 4) is 11.5 Å². The van der Waals surface area contributed by atoms with Crippen LogP contribution in [0.4, 0.5) is 0 Å². The van der Waals surface area contributed by atoms with Crippen LogP contribution in [-0.4, -0.2) is 13.7 Å². The second-order valence-electron chi connectivity index (χ2n) is 4.44. The van der Waals surface area contributed by atoms with Gasteiger partial charge < -0.3 is 15.2 Å². The highest BCUT2D eigenvalue weighted by Gasteiger charge is 2.10. The molecule has 21 heavy (non-hydrogen) atoms. The maximum Gasteiger partial charge on any atom is 0.180 e. The Bertz CT molecular complexity index is 612. The molecule has 0 heterocycles. The number of benzene rings is 2. The van der Waals surface area contributed by atoms with Crippen LogP contribution in [0.2, 0.25) is 5.02 Å². The molecular weight excluding hydrogens is 286 g/mol. The number of hydrogen-bond acceptors (Lipinski definition) is 3. The molecule has 2 N–H and O–H groups in total. The Hall–Kier alpha value is -1.97. The smallest absolute Gasteiger partial charge is 0.180 e. The van der Waals surface area contributed by atoms with Crippen LogP contribution in [0.3, 0.4) is 0 Å². The molecule has 0 amide bonds. The first-order chi connectivity index (χ1) is 10.2. The van der Waals surface area contributed by atoms with Gasteiger partial charge in [0.2, 0.25) is 0 Å². The minimum atomic E-state index is 0.407. The zero-order valence-electron chi connectivity index (χ0n) is 11.9. The molecule has 0 saturated carbocycles. The molecule has 0 unspecified atom stereocenters. The van der Waals surface area contributed by atoms with E-state index >= 15 is 0 Å². The van der Waals surface area contributed by atoms with E-state index in [-0.39, 0.29) is 0 Å². The summed E-state index contributed by atoms with van der Waals surface area (Å²) < 4.78 is 11.0. The maximum absolute atomic E-state index is 6.20. The van der Waals surface area contributed by atoms with Crippen LogP contribution >= 0.6 is 11.6 Å². The highest BCUT2D eigenvalue weighted by Crippen LogP contribution is 2.36. The lowest BCUT2D eigenvalue weighted by Gasteiger charge is -2.12. The van der Waals surface area contributed by atoms with Gasteiger partial charge in [-0.3, -0.25) is 0 Å². The summed E-state index contributed by atoms with van der Waals surface area (Å²) in [6.07, 6.45) is 3.93. The summed E-state index contributed by atoms with van der Waals surface area (Å²) in [4.78, 5) is 0. The van der Waals surface area contributed by atoms with Crippen LogP contribution < -0.4 is 15.2 Å². The minimum Gasteiger partial charge on any atom is -0.493 e. The van der Waals surface area contributed by atoms with Crippen molar-refractivity contribution >= 4 is 17.7 Å². The van der Waals surface area contributed by atoms with E-state index in [0.29, 0.717) is 29.7 Å². The number of ether oxygens (including phenoxy) is 2. The molecule has 2 aromatic carbocycles. The number of halogens is 1. The predicted octanol–water partition coefficient (Wildman–Crippen LogP) is 3.90. The number of nitrogens with two attached hydrogens (primary N) is 1. The zero-order valence-corrected chi connectivity index (χ0v) is 12.6. The van der Waals surface area contributed by atoms with E-state index in [1.165, 1.54) is 0 Å². The van der Waals surface area contributed by atoms with E-state index in [4.69, 9.17) is 26.8 Å². The molecule has 0 fully saturated rings. The Morgan fingerprint density at radius 2 is 1.95 bits per heavy atom. The normalized spacial score (nSPS) is 10.8. The van der Waals surface area contributed by atoms with Crippen LogP contribution in [0.5, 0.6) is 11.5 Å². The summed E-state index contributed by atoms with van der Waals surface area (Å²) >= 11 is 6.20. The van der Waals surface area contributed by atoms with Gasteiger partial charge >= 0.3 is 0 Å². The van der Waals surface area contributed by atoms with Crippen molar-refractivity contribution in [2.45, 2.75) is 6.54 Å². The van der Waals surface area contributed by atoms with Crippen LogP contribution in [0, 0.1) is 0 Å². The Labute approximate surface area is 129 Å². The topological polar surface area (TPSA) is 44.5 Å². The van der Waals surface area contributed by atoms with Crippen LogP contribution in [0.15, 0.2) is 48.5 Å². The molecule has 3 nitrogen and oxygen atoms in total. The third kappa shape index (κ3) is 4.25. The molecule has 0 atom stereocenters. The molecule has 0 aromatic heterocycles. The second-order valence-corrected chi connectivity index (χ2v) is 4.84. The van der Waals surface area contributed by atoms with Crippen molar-refractivity contribution in [1.29, 1.82) is 0 Å². The highest BCUT2D eigenvalue weighted by molar-refractivity contribution is 6.32. The average Bonchev–Trinajstić information content (AvgIpc) is 2.53. The second kappa shape index (κ2) is 7.72. The maximum atomic E-state index is 6.20. The largest absolute Gasteiger partial charge is 0.493 e. The van der Waals surface area contributed by atoms with Crippen LogP contribution in [-0.2, 0) is 6.54 Å². The Balaban J connectivity index is 2.04. The number of methoxy groups -OCH3 is 1. The third-order valence-corrected chi connectivity index (χ3v) is 3.24. The standard InChI is InChI=1S/C17H18ClNO2/c1-20-16-11-14(12-19)10-15(18)17(16)21-9-5-8-13-6-3-2-4-7-13/h2-8,10-11H,9,12,19H2,1H3/b8-5+. The van der Waals surface area contributed by atoms with Crippen molar-refractivity contribution in [2.75, 3.05) is 13.7 Å². The lowest BCUT2D eigenvalue weighted by Crippen LogP contribution is -2.01. The van der Waals surface area contributed by atoms with Crippen molar-refractivity contribution < 1.29 is 9.47 Å². The third-order valence-electron chi connectivity index (χ3n) is 2.96. The minimum absolute atomic E-state index is 0.407. The van der Waals surface area contributed by atoms with Gasteiger partial charge in [-0.15, -0.1) is 0 Å². The van der Waals surface area contributed by atoms with E-state index in [2.05, 4.69) is 0 Å². The molecule has 0 saturated heterocycles. The van der Waals surface area contributed by atoms with Crippen molar-refractivity contribution in [3.05, 3.63) is 64.7 Å². The fourth-order valence-electron chi connectivity index (χ4n) is 1.91. The van der Waals surface area contributed by atoms with E-state index in [0.717, 1.165) is 11.1 Å². The molecular formula is C17H18ClNO2. The van der Waals surface area contributed by atoms with Gasteiger partial charge in [-0.05, 0) is 29.3 Å². The van der Waals surface area contributed by atoms with Gasteiger partial charge in [0, 0.05) is 6.54 Å². The summed E-state index contributed by atoms with van der Waals surface area (Å²) in [7, 11) is 1.58. The molecule has 4 heteroatoms. The van der Waals surface area contributed by atoms with Crippen LogP contribution in [0.25, 0.3) is 6.08 Å². The van der Waals surface area contributed by atoms with Gasteiger partial charge in [0.05, 0.1) is 12.1 Å². The van der Waals surface area contributed by atoms with Gasteiger partial charge in [0.25, 0.3) is 0 Å². The van der Waals surface area contributed by atoms with Crippen molar-refractivity contribution in [3.63, 3.8) is 0 Å². The fraction of sp³-hybridized carbons (Fsp3) is 0.176. The fourth-order valence-corrected chi connectivity index (χ4v) is 2.20. The molecule has 2 rings (SSSR count). The highest BCUT2D eigenvalue weighted by atomic mass is 35.5. The van der Waals surface area contributed by atoms with Gasteiger partial charge in [-0.1, -0.05) is 48.0 Å². The van der Waals surface area contributed by atoms with Gasteiger partial charge in [0.1, 0.15) is 6.61 Å². The molecule has 0 spiro atoms. The summed E-state index contributed by atoms with van der Waals surface area (Å²) in [5.74, 6) is 1.13. The summed E-state index contributed by atoms with van der Waals surface area (Å²) in [6, 6.07) is 13.7. The Morgan fingerprint density at radius 3 is 2.62 bits per heavy atom. The summed E-state index contributed by atoms with van der Waals surface area (Å²) in [5.41, 5.74) is 7.64. The monoisotopic (exact) mass is 303 g/mol. The zero-order chi connectivity index (χ0) is 15.1. The summed E-state index contributed by atoms with van der Waals surface area (Å²) in [6.45, 7) is 0.817. The Morgan fingerprint density at radius 1 is 1.19 bits per heavy atom. The van der Waals surface area contributed by atoms with E-state index < -0.39 is 0 Å². The van der Waals surface area contributed by atoms with Gasteiger partial charge in [-0.2, -0.15) is 0 Å².